The van der Waals surface area contributed by atoms with Gasteiger partial charge in [0.05, 0.1) is 5.97 Å². The van der Waals surface area contributed by atoms with Crippen molar-refractivity contribution in [1.82, 2.24) is 0 Å². The van der Waals surface area contributed by atoms with Crippen LogP contribution in [0.2, 0.25) is 0 Å². The molecule has 0 aliphatic carbocycles. The van der Waals surface area contributed by atoms with Gasteiger partial charge in [-0.2, -0.15) is 0 Å². The molecule has 0 aliphatic rings. The summed E-state index contributed by atoms with van der Waals surface area (Å²) in [4.78, 5) is 33.5. The first-order chi connectivity index (χ1) is 14.8. The second-order valence-electron chi connectivity index (χ2n) is 5.70. The molecule has 0 saturated carbocycles. The number of carboxylic acid groups (broad SMARTS) is 1. The number of rotatable bonds is 5. The van der Waals surface area contributed by atoms with E-state index in [9.17, 15) is 29.7 Å². The Balaban J connectivity index is 0.000000393. The molecule has 0 unspecified atom stereocenters. The SMILES string of the molecule is O=C([O-])c1ccccc1O.O=C([O][Pb][O]C(=O)c1ccccc1O)c1ccccc1O.[Na+]. The van der Waals surface area contributed by atoms with Crippen molar-refractivity contribution in [3.8, 4) is 17.2 Å². The molecule has 0 aromatic heterocycles. The molecule has 3 N–H and O–H groups in total. The zero-order chi connectivity index (χ0) is 22.8. The second kappa shape index (κ2) is 13.7. The van der Waals surface area contributed by atoms with E-state index in [1.165, 1.54) is 42.5 Å². The van der Waals surface area contributed by atoms with Crippen molar-refractivity contribution in [1.29, 1.82) is 0 Å². The summed E-state index contributed by atoms with van der Waals surface area (Å²) in [7, 11) is 0. The van der Waals surface area contributed by atoms with Crippen molar-refractivity contribution in [2.45, 2.75) is 0 Å². The van der Waals surface area contributed by atoms with E-state index in [0.29, 0.717) is 0 Å². The number of carbonyl (C=O) groups is 3. The Morgan fingerprint density at radius 3 is 1.22 bits per heavy atom. The molecule has 0 heterocycles. The smallest absolute Gasteiger partial charge is 1.00 e. The van der Waals surface area contributed by atoms with Crippen molar-refractivity contribution < 1.29 is 69.7 Å². The first kappa shape index (κ1) is 27.4. The molecule has 0 bridgehead atoms. The topological polar surface area (TPSA) is 153 Å². The standard InChI is InChI=1S/3C7H6O3.Na.Pb/c3*8-6-4-2-1-3-5(6)7(9)10;;/h3*1-4,8H,(H,9,10);;/q;;;+1;+2/p-3. The van der Waals surface area contributed by atoms with Crippen LogP contribution in [0.15, 0.2) is 72.8 Å². The van der Waals surface area contributed by atoms with Crippen LogP contribution < -0.4 is 34.7 Å². The quantitative estimate of drug-likeness (QED) is 0.280. The fraction of sp³-hybridized carbons (Fsp3) is 0. The zero-order valence-corrected chi connectivity index (χ0v) is 22.6. The minimum absolute atomic E-state index is 0. The fourth-order valence-corrected chi connectivity index (χ4v) is 3.75. The van der Waals surface area contributed by atoms with Gasteiger partial charge in [-0.15, -0.1) is 0 Å². The monoisotopic (exact) mass is 642 g/mol. The van der Waals surface area contributed by atoms with Gasteiger partial charge in [-0.3, -0.25) is 0 Å². The summed E-state index contributed by atoms with van der Waals surface area (Å²) < 4.78 is 9.82. The van der Waals surface area contributed by atoms with E-state index in [0.717, 1.165) is 0 Å². The molecule has 0 saturated heterocycles. The predicted octanol–water partition coefficient (Wildman–Crippen LogP) is -1.59. The van der Waals surface area contributed by atoms with Crippen molar-refractivity contribution in [3.05, 3.63) is 89.5 Å². The Morgan fingerprint density at radius 1 is 0.625 bits per heavy atom. The third kappa shape index (κ3) is 8.15. The molecule has 11 heteroatoms. The number of benzene rings is 3. The van der Waals surface area contributed by atoms with Gasteiger partial charge in [0, 0.05) is 5.56 Å². The molecule has 9 nitrogen and oxygen atoms in total. The van der Waals surface area contributed by atoms with Crippen LogP contribution in [0.4, 0.5) is 0 Å². The molecule has 0 atom stereocenters. The van der Waals surface area contributed by atoms with Gasteiger partial charge in [-0.05, 0) is 12.1 Å². The molecule has 32 heavy (non-hydrogen) atoms. The van der Waals surface area contributed by atoms with E-state index >= 15 is 0 Å². The maximum absolute atomic E-state index is 11.7. The normalized spacial score (nSPS) is 9.38. The van der Waals surface area contributed by atoms with E-state index in [4.69, 9.17) is 10.5 Å². The molecular weight excluding hydrogens is 626 g/mol. The second-order valence-corrected chi connectivity index (χ2v) is 7.94. The molecule has 0 spiro atoms. The summed E-state index contributed by atoms with van der Waals surface area (Å²) >= 11 is -2.44. The summed E-state index contributed by atoms with van der Waals surface area (Å²) in [6.45, 7) is 0. The van der Waals surface area contributed by atoms with Crippen LogP contribution in [0.25, 0.3) is 0 Å². The Hall–Kier alpha value is -2.61. The maximum Gasteiger partial charge on any atom is 1.00 e. The number of hydrogen-bond acceptors (Lipinski definition) is 9. The number of carbonyl (C=O) groups excluding carboxylic acids is 3. The molecule has 0 fully saturated rings. The van der Waals surface area contributed by atoms with Crippen LogP contribution in [-0.4, -0.2) is 58.4 Å². The Labute approximate surface area is 218 Å². The van der Waals surface area contributed by atoms with Gasteiger partial charge in [-0.25, -0.2) is 0 Å². The molecular formula is C21H15NaO9Pb. The number of carboxylic acids is 1. The number of para-hydroxylation sites is 3. The minimum Gasteiger partial charge on any atom is 1.00 e. The van der Waals surface area contributed by atoms with E-state index in [1.807, 2.05) is 0 Å². The molecule has 158 valence electrons. The van der Waals surface area contributed by atoms with E-state index in [-0.39, 0.29) is 63.5 Å². The first-order valence-electron chi connectivity index (χ1n) is 8.54. The van der Waals surface area contributed by atoms with Gasteiger partial charge in [-0.1, -0.05) is 12.1 Å². The van der Waals surface area contributed by atoms with E-state index in [2.05, 4.69) is 0 Å². The van der Waals surface area contributed by atoms with Crippen molar-refractivity contribution in [2.24, 2.45) is 0 Å². The molecule has 3 aromatic carbocycles. The Morgan fingerprint density at radius 2 is 0.938 bits per heavy atom. The molecule has 0 aliphatic heterocycles. The van der Waals surface area contributed by atoms with Gasteiger partial charge >= 0.3 is 163 Å². The molecule has 0 amide bonds. The predicted molar refractivity (Wildman–Crippen MR) is 105 cm³/mol. The average molecular weight is 642 g/mol. The van der Waals surface area contributed by atoms with E-state index < -0.39 is 43.0 Å². The molecule has 2 radical (unpaired) electrons. The summed E-state index contributed by atoms with van der Waals surface area (Å²) in [5, 5.41) is 38.0. The van der Waals surface area contributed by atoms with Crippen LogP contribution in [-0.2, 0) is 5.37 Å². The van der Waals surface area contributed by atoms with Crippen molar-refractivity contribution in [2.75, 3.05) is 0 Å². The van der Waals surface area contributed by atoms with Crippen LogP contribution in [0.1, 0.15) is 31.1 Å². The van der Waals surface area contributed by atoms with Gasteiger partial charge in [0.25, 0.3) is 0 Å². The zero-order valence-electron chi connectivity index (χ0n) is 16.7. The van der Waals surface area contributed by atoms with Gasteiger partial charge in [0.1, 0.15) is 5.75 Å². The van der Waals surface area contributed by atoms with Crippen molar-refractivity contribution in [3.63, 3.8) is 0 Å². The summed E-state index contributed by atoms with van der Waals surface area (Å²) in [6.07, 6.45) is 0. The summed E-state index contributed by atoms with van der Waals surface area (Å²) in [6, 6.07) is 17.5. The van der Waals surface area contributed by atoms with Crippen LogP contribution in [0.5, 0.6) is 17.2 Å². The van der Waals surface area contributed by atoms with Crippen LogP contribution >= 0.6 is 0 Å². The first-order valence-corrected chi connectivity index (χ1v) is 11.7. The molecule has 3 aromatic rings. The number of aromatic carboxylic acids is 1. The average Bonchev–Trinajstić information content (AvgIpc) is 2.75. The number of phenolic OH excluding ortho intramolecular Hbond substituents is 2. The third-order valence-corrected chi connectivity index (χ3v) is 5.73. The summed E-state index contributed by atoms with van der Waals surface area (Å²) in [5.74, 6) is -3.49. The largest absolute Gasteiger partial charge is 1.00 e. The number of phenols is 3. The van der Waals surface area contributed by atoms with Crippen LogP contribution in [0, 0.1) is 0 Å². The third-order valence-electron chi connectivity index (χ3n) is 3.64. The Kier molecular flexibility index (Phi) is 11.8. The van der Waals surface area contributed by atoms with Gasteiger partial charge in [0.15, 0.2) is 0 Å². The Bertz CT molecular complexity index is 1030. The van der Waals surface area contributed by atoms with E-state index in [1.54, 1.807) is 30.3 Å². The van der Waals surface area contributed by atoms with Gasteiger partial charge in [0.2, 0.25) is 0 Å². The molecule has 3 rings (SSSR count). The minimum atomic E-state index is -2.44. The fourth-order valence-electron chi connectivity index (χ4n) is 2.15. The van der Waals surface area contributed by atoms with Gasteiger partial charge < -0.3 is 15.0 Å². The summed E-state index contributed by atoms with van der Waals surface area (Å²) in [5.41, 5.74) is -0.144. The maximum atomic E-state index is 11.7. The van der Waals surface area contributed by atoms with Crippen LogP contribution in [0.3, 0.4) is 0 Å². The van der Waals surface area contributed by atoms with Crippen molar-refractivity contribution >= 4 is 43.0 Å². The number of aromatic hydroxyl groups is 3. The number of hydrogen-bond donors (Lipinski definition) is 3.